The highest BCUT2D eigenvalue weighted by molar-refractivity contribution is 5.13. The quantitative estimate of drug-likeness (QED) is 0.501. The van der Waals surface area contributed by atoms with Crippen molar-refractivity contribution < 1.29 is 0 Å². The standard InChI is InChI=1S/C9H10N2/c1-7-3-2-4-8-9(7)11-6-5-10-8/h2-4H,5-6H2,1H3. The second kappa shape index (κ2) is 2.46. The molecule has 1 aromatic carbocycles. The second-order valence-corrected chi connectivity index (χ2v) is 2.71. The molecule has 2 rings (SSSR count). The summed E-state index contributed by atoms with van der Waals surface area (Å²) in [5, 5.41) is 2.13. The van der Waals surface area contributed by atoms with Gasteiger partial charge in [-0.3, -0.25) is 9.98 Å². The summed E-state index contributed by atoms with van der Waals surface area (Å²) in [7, 11) is 0. The summed E-state index contributed by atoms with van der Waals surface area (Å²) in [6.07, 6.45) is 0. The summed E-state index contributed by atoms with van der Waals surface area (Å²) in [5.74, 6) is 0. The maximum atomic E-state index is 4.40. The summed E-state index contributed by atoms with van der Waals surface area (Å²) in [4.78, 5) is 8.76. The van der Waals surface area contributed by atoms with Gasteiger partial charge >= 0.3 is 0 Å². The van der Waals surface area contributed by atoms with Gasteiger partial charge in [0.15, 0.2) is 0 Å². The van der Waals surface area contributed by atoms with E-state index in [1.54, 1.807) is 0 Å². The van der Waals surface area contributed by atoms with E-state index in [4.69, 9.17) is 0 Å². The Balaban J connectivity index is 2.88. The molecule has 2 nitrogen and oxygen atoms in total. The lowest BCUT2D eigenvalue weighted by molar-refractivity contribution is 0.858. The van der Waals surface area contributed by atoms with E-state index in [-0.39, 0.29) is 0 Å². The maximum Gasteiger partial charge on any atom is 0.0856 e. The van der Waals surface area contributed by atoms with Crippen molar-refractivity contribution in [1.82, 2.24) is 0 Å². The zero-order valence-corrected chi connectivity index (χ0v) is 6.54. The van der Waals surface area contributed by atoms with Crippen LogP contribution >= 0.6 is 0 Å². The molecule has 0 fully saturated rings. The molecule has 0 aromatic heterocycles. The van der Waals surface area contributed by atoms with Gasteiger partial charge in [0.05, 0.1) is 23.8 Å². The Morgan fingerprint density at radius 1 is 1.18 bits per heavy atom. The first-order valence-electron chi connectivity index (χ1n) is 3.82. The first-order valence-corrected chi connectivity index (χ1v) is 3.82. The van der Waals surface area contributed by atoms with Gasteiger partial charge in [-0.15, -0.1) is 0 Å². The van der Waals surface area contributed by atoms with E-state index in [1.165, 1.54) is 5.56 Å². The van der Waals surface area contributed by atoms with Crippen LogP contribution in [-0.2, 0) is 0 Å². The molecule has 0 aliphatic carbocycles. The van der Waals surface area contributed by atoms with Gasteiger partial charge in [0.25, 0.3) is 0 Å². The fourth-order valence-electron chi connectivity index (χ4n) is 1.31. The molecular formula is C9H10N2. The Hall–Kier alpha value is -1.18. The third kappa shape index (κ3) is 1.04. The van der Waals surface area contributed by atoms with Crippen molar-refractivity contribution in [3.05, 3.63) is 34.5 Å². The van der Waals surface area contributed by atoms with Gasteiger partial charge < -0.3 is 0 Å². The van der Waals surface area contributed by atoms with E-state index in [9.17, 15) is 0 Å². The normalized spacial score (nSPS) is 14.6. The molecule has 11 heavy (non-hydrogen) atoms. The fraction of sp³-hybridized carbons (Fsp3) is 0.333. The first-order chi connectivity index (χ1) is 5.38. The molecule has 0 amide bonds. The summed E-state index contributed by atoms with van der Waals surface area (Å²) in [6.45, 7) is 3.76. The molecule has 56 valence electrons. The lowest BCUT2D eigenvalue weighted by Gasteiger charge is -2.00. The molecule has 1 aliphatic rings. The van der Waals surface area contributed by atoms with Gasteiger partial charge in [0, 0.05) is 0 Å². The molecule has 0 saturated heterocycles. The van der Waals surface area contributed by atoms with Crippen LogP contribution < -0.4 is 10.7 Å². The Kier molecular flexibility index (Phi) is 1.46. The van der Waals surface area contributed by atoms with E-state index in [0.29, 0.717) is 0 Å². The lowest BCUT2D eigenvalue weighted by Crippen LogP contribution is -2.31. The molecule has 0 bridgehead atoms. The summed E-state index contributed by atoms with van der Waals surface area (Å²) >= 11 is 0. The molecule has 1 heterocycles. The SMILES string of the molecule is Cc1cccc2c1=NCCN=2. The van der Waals surface area contributed by atoms with Crippen LogP contribution in [0.3, 0.4) is 0 Å². The fourth-order valence-corrected chi connectivity index (χ4v) is 1.31. The molecule has 0 radical (unpaired) electrons. The third-order valence-corrected chi connectivity index (χ3v) is 1.87. The van der Waals surface area contributed by atoms with Crippen LogP contribution in [0.2, 0.25) is 0 Å². The molecule has 0 spiro atoms. The predicted molar refractivity (Wildman–Crippen MR) is 43.2 cm³/mol. The number of para-hydroxylation sites is 1. The zero-order valence-electron chi connectivity index (χ0n) is 6.54. The molecule has 1 aliphatic heterocycles. The minimum Gasteiger partial charge on any atom is -0.281 e. The molecule has 0 atom stereocenters. The van der Waals surface area contributed by atoms with E-state index < -0.39 is 0 Å². The smallest absolute Gasteiger partial charge is 0.0856 e. The van der Waals surface area contributed by atoms with E-state index in [1.807, 2.05) is 12.1 Å². The molecule has 0 unspecified atom stereocenters. The zero-order chi connectivity index (χ0) is 7.68. The van der Waals surface area contributed by atoms with E-state index >= 15 is 0 Å². The Morgan fingerprint density at radius 2 is 2.00 bits per heavy atom. The van der Waals surface area contributed by atoms with Crippen LogP contribution in [0.1, 0.15) is 5.56 Å². The number of benzene rings is 1. The van der Waals surface area contributed by atoms with Gasteiger partial charge in [-0.1, -0.05) is 12.1 Å². The molecule has 2 heteroatoms. The van der Waals surface area contributed by atoms with Gasteiger partial charge in [0.1, 0.15) is 0 Å². The number of fused-ring (bicyclic) bond motifs is 1. The summed E-state index contributed by atoms with van der Waals surface area (Å²) in [5.41, 5.74) is 1.23. The van der Waals surface area contributed by atoms with Gasteiger partial charge in [-0.05, 0) is 18.6 Å². The molecule has 1 aromatic rings. The van der Waals surface area contributed by atoms with Gasteiger partial charge in [-0.2, -0.15) is 0 Å². The average Bonchev–Trinajstić information content (AvgIpc) is 2.06. The van der Waals surface area contributed by atoms with Gasteiger partial charge in [-0.25, -0.2) is 0 Å². The van der Waals surface area contributed by atoms with Crippen molar-refractivity contribution >= 4 is 0 Å². The van der Waals surface area contributed by atoms with E-state index in [2.05, 4.69) is 23.0 Å². The van der Waals surface area contributed by atoms with Crippen molar-refractivity contribution in [1.29, 1.82) is 0 Å². The third-order valence-electron chi connectivity index (χ3n) is 1.87. The van der Waals surface area contributed by atoms with Crippen molar-refractivity contribution in [3.8, 4) is 0 Å². The van der Waals surface area contributed by atoms with Crippen molar-refractivity contribution in [3.63, 3.8) is 0 Å². The highest BCUT2D eigenvalue weighted by Crippen LogP contribution is 1.86. The van der Waals surface area contributed by atoms with Crippen LogP contribution in [-0.4, -0.2) is 13.1 Å². The van der Waals surface area contributed by atoms with Crippen LogP contribution in [0, 0.1) is 6.92 Å². The second-order valence-electron chi connectivity index (χ2n) is 2.71. The summed E-state index contributed by atoms with van der Waals surface area (Å²) in [6, 6.07) is 6.12. The van der Waals surface area contributed by atoms with Crippen LogP contribution in [0.4, 0.5) is 0 Å². The van der Waals surface area contributed by atoms with Crippen LogP contribution in [0.15, 0.2) is 28.2 Å². The number of hydrogen-bond donors (Lipinski definition) is 0. The Bertz CT molecular complexity index is 379. The number of rotatable bonds is 0. The largest absolute Gasteiger partial charge is 0.281 e. The highest BCUT2D eigenvalue weighted by Gasteiger charge is 1.96. The Labute approximate surface area is 65.3 Å². The maximum absolute atomic E-state index is 4.40. The minimum absolute atomic E-state index is 0.844. The van der Waals surface area contributed by atoms with Crippen molar-refractivity contribution in [2.75, 3.05) is 13.1 Å². The van der Waals surface area contributed by atoms with Crippen LogP contribution in [0.25, 0.3) is 0 Å². The minimum atomic E-state index is 0.844. The molecular weight excluding hydrogens is 136 g/mol. The van der Waals surface area contributed by atoms with Crippen LogP contribution in [0.5, 0.6) is 0 Å². The van der Waals surface area contributed by atoms with Crippen molar-refractivity contribution in [2.24, 2.45) is 9.98 Å². The first kappa shape index (κ1) is 6.53. The monoisotopic (exact) mass is 146 g/mol. The average molecular weight is 146 g/mol. The summed E-state index contributed by atoms with van der Waals surface area (Å²) < 4.78 is 0. The topological polar surface area (TPSA) is 24.7 Å². The predicted octanol–water partition coefficient (Wildman–Crippen LogP) is 0.248. The molecule has 0 saturated carbocycles. The van der Waals surface area contributed by atoms with Crippen molar-refractivity contribution in [2.45, 2.75) is 6.92 Å². The highest BCUT2D eigenvalue weighted by atomic mass is 14.8. The Morgan fingerprint density at radius 3 is 2.82 bits per heavy atom. The van der Waals surface area contributed by atoms with Gasteiger partial charge in [0.2, 0.25) is 0 Å². The lowest BCUT2D eigenvalue weighted by atomic mass is 10.2. The number of aryl methyl sites for hydroxylation is 1. The number of nitrogens with zero attached hydrogens (tertiary/aromatic N) is 2. The molecule has 0 N–H and O–H groups in total. The van der Waals surface area contributed by atoms with E-state index in [0.717, 1.165) is 23.8 Å². The number of hydrogen-bond acceptors (Lipinski definition) is 2.